The van der Waals surface area contributed by atoms with Crippen LogP contribution < -0.4 is 5.73 Å². The average molecular weight is 324 g/mol. The molecule has 0 bridgehead atoms. The van der Waals surface area contributed by atoms with Crippen molar-refractivity contribution in [3.8, 4) is 0 Å². The van der Waals surface area contributed by atoms with Gasteiger partial charge in [-0.1, -0.05) is 23.9 Å². The zero-order valence-corrected chi connectivity index (χ0v) is 14.3. The third kappa shape index (κ3) is 3.26. The number of anilines is 1. The van der Waals surface area contributed by atoms with Gasteiger partial charge in [-0.25, -0.2) is 0 Å². The monoisotopic (exact) mass is 324 g/mol. The number of benzene rings is 2. The maximum absolute atomic E-state index is 5.75. The SMILES string of the molecule is Nc1ccc(Sc2ccc([C@@H]3CCCC4CCCN43)cc2)cc1. The summed E-state index contributed by atoms with van der Waals surface area (Å²) >= 11 is 1.80. The van der Waals surface area contributed by atoms with Crippen molar-refractivity contribution in [3.63, 3.8) is 0 Å². The summed E-state index contributed by atoms with van der Waals surface area (Å²) in [5.74, 6) is 0. The lowest BCUT2D eigenvalue weighted by Gasteiger charge is -2.38. The number of piperidine rings is 1. The van der Waals surface area contributed by atoms with Crippen molar-refractivity contribution in [1.82, 2.24) is 4.90 Å². The number of nitrogen functional groups attached to an aromatic ring is 1. The van der Waals surface area contributed by atoms with Crippen molar-refractivity contribution in [2.75, 3.05) is 12.3 Å². The van der Waals surface area contributed by atoms with Crippen LogP contribution in [0, 0.1) is 0 Å². The number of hydrogen-bond acceptors (Lipinski definition) is 3. The predicted molar refractivity (Wildman–Crippen MR) is 97.7 cm³/mol. The minimum atomic E-state index is 0.645. The van der Waals surface area contributed by atoms with E-state index in [1.807, 2.05) is 12.1 Å². The van der Waals surface area contributed by atoms with Crippen molar-refractivity contribution >= 4 is 17.4 Å². The lowest BCUT2D eigenvalue weighted by molar-refractivity contribution is 0.123. The standard InChI is InChI=1S/C20H24N2S/c21-16-8-12-19(13-9-16)23-18-10-6-15(7-11-18)20-5-1-3-17-4-2-14-22(17)20/h6-13,17,20H,1-5,14,21H2/t17?,20-/m0/s1. The summed E-state index contributed by atoms with van der Waals surface area (Å²) in [6.45, 7) is 1.29. The highest BCUT2D eigenvalue weighted by Crippen LogP contribution is 2.40. The van der Waals surface area contributed by atoms with E-state index in [1.165, 1.54) is 54.0 Å². The van der Waals surface area contributed by atoms with Crippen molar-refractivity contribution in [3.05, 3.63) is 54.1 Å². The minimum absolute atomic E-state index is 0.645. The Morgan fingerprint density at radius 2 is 1.48 bits per heavy atom. The maximum Gasteiger partial charge on any atom is 0.0351 e. The summed E-state index contributed by atoms with van der Waals surface area (Å²) in [5.41, 5.74) is 8.07. The van der Waals surface area contributed by atoms with E-state index in [0.717, 1.165) is 11.7 Å². The van der Waals surface area contributed by atoms with E-state index >= 15 is 0 Å². The Labute approximate surface area is 143 Å². The van der Waals surface area contributed by atoms with Gasteiger partial charge >= 0.3 is 0 Å². The summed E-state index contributed by atoms with van der Waals surface area (Å²) in [4.78, 5) is 5.29. The van der Waals surface area contributed by atoms with Crippen LogP contribution in [0.3, 0.4) is 0 Å². The van der Waals surface area contributed by atoms with Gasteiger partial charge in [-0.3, -0.25) is 4.90 Å². The molecule has 2 nitrogen and oxygen atoms in total. The van der Waals surface area contributed by atoms with E-state index in [1.54, 1.807) is 11.8 Å². The highest BCUT2D eigenvalue weighted by atomic mass is 32.2. The van der Waals surface area contributed by atoms with Gasteiger partial charge in [0.1, 0.15) is 0 Å². The second kappa shape index (κ2) is 6.58. The largest absolute Gasteiger partial charge is 0.399 e. The summed E-state index contributed by atoms with van der Waals surface area (Å²) in [7, 11) is 0. The molecule has 2 atom stereocenters. The quantitative estimate of drug-likeness (QED) is 0.796. The third-order valence-electron chi connectivity index (χ3n) is 5.22. The molecule has 1 unspecified atom stereocenters. The summed E-state index contributed by atoms with van der Waals surface area (Å²) in [6, 6.07) is 18.8. The first-order valence-electron chi connectivity index (χ1n) is 8.69. The molecule has 2 heterocycles. The topological polar surface area (TPSA) is 29.3 Å². The van der Waals surface area contributed by atoms with E-state index in [2.05, 4.69) is 41.3 Å². The molecule has 2 aliphatic rings. The fourth-order valence-electron chi connectivity index (χ4n) is 4.08. The first-order chi connectivity index (χ1) is 11.3. The van der Waals surface area contributed by atoms with Gasteiger partial charge in [-0.15, -0.1) is 0 Å². The van der Waals surface area contributed by atoms with E-state index in [0.29, 0.717) is 6.04 Å². The minimum Gasteiger partial charge on any atom is -0.399 e. The van der Waals surface area contributed by atoms with Crippen molar-refractivity contribution in [2.45, 2.75) is 54.0 Å². The molecule has 120 valence electrons. The summed E-state index contributed by atoms with van der Waals surface area (Å²) < 4.78 is 0. The van der Waals surface area contributed by atoms with Crippen LogP contribution in [0.15, 0.2) is 58.3 Å². The molecule has 0 saturated carbocycles. The molecule has 0 spiro atoms. The Morgan fingerprint density at radius 1 is 0.826 bits per heavy atom. The van der Waals surface area contributed by atoms with Gasteiger partial charge < -0.3 is 5.73 Å². The van der Waals surface area contributed by atoms with Gasteiger partial charge in [-0.2, -0.15) is 0 Å². The molecule has 0 radical (unpaired) electrons. The van der Waals surface area contributed by atoms with Crippen LogP contribution in [0.4, 0.5) is 5.69 Å². The smallest absolute Gasteiger partial charge is 0.0351 e. The fraction of sp³-hybridized carbons (Fsp3) is 0.400. The number of fused-ring (bicyclic) bond motifs is 1. The molecule has 3 heteroatoms. The van der Waals surface area contributed by atoms with E-state index in [-0.39, 0.29) is 0 Å². The zero-order chi connectivity index (χ0) is 15.6. The van der Waals surface area contributed by atoms with Gasteiger partial charge in [-0.05, 0) is 80.6 Å². The van der Waals surface area contributed by atoms with E-state index < -0.39 is 0 Å². The number of nitrogens with zero attached hydrogens (tertiary/aromatic N) is 1. The molecule has 2 aromatic rings. The Hall–Kier alpha value is -1.45. The molecular weight excluding hydrogens is 300 g/mol. The van der Waals surface area contributed by atoms with Crippen LogP contribution in [0.25, 0.3) is 0 Å². The van der Waals surface area contributed by atoms with Crippen LogP contribution in [0.1, 0.15) is 43.7 Å². The summed E-state index contributed by atoms with van der Waals surface area (Å²) in [5, 5.41) is 0. The van der Waals surface area contributed by atoms with Crippen molar-refractivity contribution in [2.24, 2.45) is 0 Å². The lowest BCUT2D eigenvalue weighted by Crippen LogP contribution is -2.37. The molecule has 2 saturated heterocycles. The van der Waals surface area contributed by atoms with Crippen molar-refractivity contribution in [1.29, 1.82) is 0 Å². The number of rotatable bonds is 3. The Kier molecular flexibility index (Phi) is 4.32. The van der Waals surface area contributed by atoms with Crippen LogP contribution in [0.5, 0.6) is 0 Å². The predicted octanol–water partition coefficient (Wildman–Crippen LogP) is 5.11. The second-order valence-electron chi connectivity index (χ2n) is 6.72. The molecular formula is C20H24N2S. The Balaban J connectivity index is 1.48. The number of nitrogens with two attached hydrogens (primary N) is 1. The first kappa shape index (κ1) is 15.1. The Bertz CT molecular complexity index is 650. The molecule has 2 aromatic carbocycles. The number of hydrogen-bond donors (Lipinski definition) is 1. The molecule has 0 amide bonds. The van der Waals surface area contributed by atoms with Crippen LogP contribution in [-0.4, -0.2) is 17.5 Å². The van der Waals surface area contributed by atoms with Gasteiger partial charge in [0.05, 0.1) is 0 Å². The van der Waals surface area contributed by atoms with Crippen LogP contribution in [-0.2, 0) is 0 Å². The average Bonchev–Trinajstić information content (AvgIpc) is 3.06. The third-order valence-corrected chi connectivity index (χ3v) is 6.23. The molecule has 2 N–H and O–H groups in total. The molecule has 4 rings (SSSR count). The maximum atomic E-state index is 5.75. The van der Waals surface area contributed by atoms with Crippen molar-refractivity contribution < 1.29 is 0 Å². The first-order valence-corrected chi connectivity index (χ1v) is 9.50. The van der Waals surface area contributed by atoms with Gasteiger partial charge in [0.15, 0.2) is 0 Å². The lowest BCUT2D eigenvalue weighted by atomic mass is 9.92. The van der Waals surface area contributed by atoms with E-state index in [4.69, 9.17) is 5.73 Å². The molecule has 2 fully saturated rings. The van der Waals surface area contributed by atoms with Crippen LogP contribution >= 0.6 is 11.8 Å². The highest BCUT2D eigenvalue weighted by Gasteiger charge is 2.34. The highest BCUT2D eigenvalue weighted by molar-refractivity contribution is 7.99. The van der Waals surface area contributed by atoms with Gasteiger partial charge in [0, 0.05) is 27.6 Å². The van der Waals surface area contributed by atoms with Crippen LogP contribution in [0.2, 0.25) is 0 Å². The summed E-state index contributed by atoms with van der Waals surface area (Å²) in [6.07, 6.45) is 6.89. The molecule has 0 aromatic heterocycles. The zero-order valence-electron chi connectivity index (χ0n) is 13.4. The second-order valence-corrected chi connectivity index (χ2v) is 7.87. The van der Waals surface area contributed by atoms with Gasteiger partial charge in [0.25, 0.3) is 0 Å². The van der Waals surface area contributed by atoms with Gasteiger partial charge in [0.2, 0.25) is 0 Å². The molecule has 2 aliphatic heterocycles. The Morgan fingerprint density at radius 3 is 2.22 bits per heavy atom. The van der Waals surface area contributed by atoms with E-state index in [9.17, 15) is 0 Å². The molecule has 0 aliphatic carbocycles. The fourth-order valence-corrected chi connectivity index (χ4v) is 4.90. The normalized spacial score (nSPS) is 24.5. The molecule has 23 heavy (non-hydrogen) atoms.